The minimum absolute atomic E-state index is 0.0613. The van der Waals surface area contributed by atoms with Gasteiger partial charge in [0.25, 0.3) is 0 Å². The van der Waals surface area contributed by atoms with Crippen molar-refractivity contribution in [3.8, 4) is 0 Å². The zero-order chi connectivity index (χ0) is 17.4. The van der Waals surface area contributed by atoms with Crippen LogP contribution in [0, 0.1) is 6.92 Å². The third-order valence-corrected chi connectivity index (χ3v) is 5.48. The van der Waals surface area contributed by atoms with Gasteiger partial charge in [-0.1, -0.05) is 43.4 Å². The summed E-state index contributed by atoms with van der Waals surface area (Å²) in [6.45, 7) is 2.01. The van der Waals surface area contributed by atoms with Crippen LogP contribution in [0.4, 0.5) is 5.69 Å². The predicted octanol–water partition coefficient (Wildman–Crippen LogP) is 3.85. The number of carbonyl (C=O) groups is 2. The maximum absolute atomic E-state index is 12.3. The molecule has 1 aromatic carbocycles. The second kappa shape index (κ2) is 9.72. The molecule has 24 heavy (non-hydrogen) atoms. The van der Waals surface area contributed by atoms with Crippen LogP contribution >= 0.6 is 11.8 Å². The van der Waals surface area contributed by atoms with Gasteiger partial charge in [0.05, 0.1) is 11.5 Å². The summed E-state index contributed by atoms with van der Waals surface area (Å²) >= 11 is 1.39. The Hall–Kier alpha value is -1.49. The molecular weight excluding hydrogens is 320 g/mol. The van der Waals surface area contributed by atoms with E-state index in [0.29, 0.717) is 17.5 Å². The molecule has 1 aromatic rings. The number of anilines is 1. The van der Waals surface area contributed by atoms with Crippen molar-refractivity contribution in [1.82, 2.24) is 4.90 Å². The van der Waals surface area contributed by atoms with E-state index in [9.17, 15) is 9.59 Å². The molecule has 132 valence electrons. The van der Waals surface area contributed by atoms with Crippen molar-refractivity contribution in [1.29, 1.82) is 0 Å². The number of nitrogens with zero attached hydrogens (tertiary/aromatic N) is 1. The van der Waals surface area contributed by atoms with Gasteiger partial charge in [-0.15, -0.1) is 11.8 Å². The molecule has 0 spiro atoms. The number of hydrogen-bond acceptors (Lipinski definition) is 3. The fourth-order valence-electron chi connectivity index (χ4n) is 3.02. The standard InChI is InChI=1S/C19H28N2O2S/c1-15-9-11-16(12-10-15)20-18(22)13-24-14-19(23)21(2)17-7-5-3-4-6-8-17/h9-12,17H,3-8,13-14H2,1-2H3,(H,20,22). The Labute approximate surface area is 149 Å². The average Bonchev–Trinajstić information content (AvgIpc) is 2.85. The van der Waals surface area contributed by atoms with E-state index in [4.69, 9.17) is 0 Å². The number of nitrogens with one attached hydrogen (secondary N) is 1. The van der Waals surface area contributed by atoms with Gasteiger partial charge in [-0.3, -0.25) is 9.59 Å². The summed E-state index contributed by atoms with van der Waals surface area (Å²) in [6, 6.07) is 8.09. The van der Waals surface area contributed by atoms with Gasteiger partial charge >= 0.3 is 0 Å². The molecule has 0 aromatic heterocycles. The van der Waals surface area contributed by atoms with Crippen molar-refractivity contribution in [3.63, 3.8) is 0 Å². The number of carbonyl (C=O) groups excluding carboxylic acids is 2. The fourth-order valence-corrected chi connectivity index (χ4v) is 3.75. The summed E-state index contributed by atoms with van der Waals surface area (Å²) in [5.74, 6) is 0.746. The van der Waals surface area contributed by atoms with Crippen LogP contribution in [-0.4, -0.2) is 41.3 Å². The Kier molecular flexibility index (Phi) is 7.63. The van der Waals surface area contributed by atoms with Crippen LogP contribution in [0.25, 0.3) is 0 Å². The van der Waals surface area contributed by atoms with Gasteiger partial charge in [-0.05, 0) is 31.9 Å². The molecule has 4 nitrogen and oxygen atoms in total. The molecule has 2 amide bonds. The van der Waals surface area contributed by atoms with Crippen LogP contribution in [0.3, 0.4) is 0 Å². The van der Waals surface area contributed by atoms with Crippen molar-refractivity contribution < 1.29 is 9.59 Å². The molecule has 1 saturated carbocycles. The van der Waals surface area contributed by atoms with E-state index in [1.165, 1.54) is 37.4 Å². The van der Waals surface area contributed by atoms with E-state index >= 15 is 0 Å². The highest BCUT2D eigenvalue weighted by molar-refractivity contribution is 8.00. The van der Waals surface area contributed by atoms with Crippen molar-refractivity contribution >= 4 is 29.3 Å². The number of benzene rings is 1. The summed E-state index contributed by atoms with van der Waals surface area (Å²) in [7, 11) is 1.91. The molecule has 1 fully saturated rings. The molecule has 0 saturated heterocycles. The quantitative estimate of drug-likeness (QED) is 0.795. The highest BCUT2D eigenvalue weighted by atomic mass is 32.2. The smallest absolute Gasteiger partial charge is 0.234 e. The van der Waals surface area contributed by atoms with Crippen molar-refractivity contribution in [2.24, 2.45) is 0 Å². The third kappa shape index (κ3) is 6.19. The van der Waals surface area contributed by atoms with Crippen molar-refractivity contribution in [2.45, 2.75) is 51.5 Å². The molecular formula is C19H28N2O2S. The first-order valence-electron chi connectivity index (χ1n) is 8.76. The Balaban J connectivity index is 1.69. The summed E-state index contributed by atoms with van der Waals surface area (Å²) in [6.07, 6.45) is 7.23. The minimum Gasteiger partial charge on any atom is -0.342 e. The van der Waals surface area contributed by atoms with Crippen LogP contribution in [-0.2, 0) is 9.59 Å². The lowest BCUT2D eigenvalue weighted by atomic mass is 10.1. The maximum atomic E-state index is 12.3. The lowest BCUT2D eigenvalue weighted by molar-refractivity contribution is -0.129. The lowest BCUT2D eigenvalue weighted by Crippen LogP contribution is -2.38. The predicted molar refractivity (Wildman–Crippen MR) is 101 cm³/mol. The van der Waals surface area contributed by atoms with E-state index in [2.05, 4.69) is 5.32 Å². The lowest BCUT2D eigenvalue weighted by Gasteiger charge is -2.27. The van der Waals surface area contributed by atoms with Gasteiger partial charge in [0.2, 0.25) is 11.8 Å². The first kappa shape index (κ1) is 18.8. The topological polar surface area (TPSA) is 49.4 Å². The van der Waals surface area contributed by atoms with Gasteiger partial charge in [0.15, 0.2) is 0 Å². The molecule has 0 radical (unpaired) electrons. The summed E-state index contributed by atoms with van der Waals surface area (Å²) < 4.78 is 0. The largest absolute Gasteiger partial charge is 0.342 e. The van der Waals surface area contributed by atoms with E-state index in [1.54, 1.807) is 0 Å². The minimum atomic E-state index is -0.0613. The summed E-state index contributed by atoms with van der Waals surface area (Å²) in [5, 5.41) is 2.86. The number of amides is 2. The first-order chi connectivity index (χ1) is 11.6. The molecule has 0 heterocycles. The Morgan fingerprint density at radius 3 is 2.33 bits per heavy atom. The van der Waals surface area contributed by atoms with E-state index < -0.39 is 0 Å². The van der Waals surface area contributed by atoms with Crippen LogP contribution in [0.2, 0.25) is 0 Å². The molecule has 1 aliphatic carbocycles. The van der Waals surface area contributed by atoms with Crippen LogP contribution in [0.1, 0.15) is 44.1 Å². The second-order valence-corrected chi connectivity index (χ2v) is 7.54. The molecule has 0 aliphatic heterocycles. The van der Waals surface area contributed by atoms with E-state index in [-0.39, 0.29) is 11.8 Å². The Bertz CT molecular complexity index is 537. The zero-order valence-electron chi connectivity index (χ0n) is 14.7. The molecule has 2 rings (SSSR count). The molecule has 5 heteroatoms. The molecule has 0 bridgehead atoms. The monoisotopic (exact) mass is 348 g/mol. The number of rotatable bonds is 6. The first-order valence-corrected chi connectivity index (χ1v) is 9.91. The van der Waals surface area contributed by atoms with E-state index in [1.807, 2.05) is 43.1 Å². The number of thioether (sulfide) groups is 1. The van der Waals surface area contributed by atoms with Crippen molar-refractivity contribution in [3.05, 3.63) is 29.8 Å². The van der Waals surface area contributed by atoms with Gasteiger partial charge in [0, 0.05) is 18.8 Å². The SMILES string of the molecule is Cc1ccc(NC(=O)CSCC(=O)N(C)C2CCCCCC2)cc1. The average molecular weight is 349 g/mol. The van der Waals surface area contributed by atoms with Gasteiger partial charge in [-0.25, -0.2) is 0 Å². The Morgan fingerprint density at radius 1 is 1.08 bits per heavy atom. The van der Waals surface area contributed by atoms with Gasteiger partial charge < -0.3 is 10.2 Å². The van der Waals surface area contributed by atoms with Crippen molar-refractivity contribution in [2.75, 3.05) is 23.9 Å². The van der Waals surface area contributed by atoms with Crippen LogP contribution < -0.4 is 5.32 Å². The highest BCUT2D eigenvalue weighted by Gasteiger charge is 2.21. The second-order valence-electron chi connectivity index (χ2n) is 6.56. The maximum Gasteiger partial charge on any atom is 0.234 e. The Morgan fingerprint density at radius 2 is 1.71 bits per heavy atom. The van der Waals surface area contributed by atoms with Crippen LogP contribution in [0.15, 0.2) is 24.3 Å². The van der Waals surface area contributed by atoms with E-state index in [0.717, 1.165) is 24.1 Å². The third-order valence-electron chi connectivity index (χ3n) is 4.56. The van der Waals surface area contributed by atoms with Gasteiger partial charge in [-0.2, -0.15) is 0 Å². The zero-order valence-corrected chi connectivity index (χ0v) is 15.5. The molecule has 1 aliphatic rings. The number of aryl methyl sites for hydroxylation is 1. The van der Waals surface area contributed by atoms with Crippen LogP contribution in [0.5, 0.6) is 0 Å². The number of hydrogen-bond donors (Lipinski definition) is 1. The summed E-state index contributed by atoms with van der Waals surface area (Å²) in [4.78, 5) is 26.1. The molecule has 0 unspecified atom stereocenters. The van der Waals surface area contributed by atoms with Gasteiger partial charge in [0.1, 0.15) is 0 Å². The molecule has 1 N–H and O–H groups in total. The molecule has 0 atom stereocenters. The normalized spacial score (nSPS) is 15.6. The summed E-state index contributed by atoms with van der Waals surface area (Å²) in [5.41, 5.74) is 1.96. The fraction of sp³-hybridized carbons (Fsp3) is 0.579. The highest BCUT2D eigenvalue weighted by Crippen LogP contribution is 2.21.